The summed E-state index contributed by atoms with van der Waals surface area (Å²) in [4.78, 5) is 26.7. The lowest BCUT2D eigenvalue weighted by molar-refractivity contribution is -0.135. The predicted molar refractivity (Wildman–Crippen MR) is 109 cm³/mol. The van der Waals surface area contributed by atoms with Crippen LogP contribution in [0.25, 0.3) is 0 Å². The number of hydrogen-bond acceptors (Lipinski definition) is 3. The number of hydrogen-bond donors (Lipinski definition) is 0. The van der Waals surface area contributed by atoms with Crippen molar-refractivity contribution in [3.8, 4) is 0 Å². The van der Waals surface area contributed by atoms with E-state index in [1.54, 1.807) is 29.2 Å². The fourth-order valence-corrected chi connectivity index (χ4v) is 2.98. The normalized spacial score (nSPS) is 10.3. The summed E-state index contributed by atoms with van der Waals surface area (Å²) in [5, 5.41) is 0.297. The van der Waals surface area contributed by atoms with E-state index in [1.165, 1.54) is 0 Å². The molecule has 5 heteroatoms. The highest BCUT2D eigenvalue weighted by molar-refractivity contribution is 6.33. The summed E-state index contributed by atoms with van der Waals surface area (Å²) in [6.07, 6.45) is 0. The molecule has 0 atom stereocenters. The van der Waals surface area contributed by atoms with Gasteiger partial charge in [-0.1, -0.05) is 84.4 Å². The molecule has 0 aliphatic carbocycles. The van der Waals surface area contributed by atoms with E-state index in [-0.39, 0.29) is 18.1 Å². The van der Waals surface area contributed by atoms with Gasteiger partial charge in [0, 0.05) is 13.1 Å². The van der Waals surface area contributed by atoms with Gasteiger partial charge in [-0.25, -0.2) is 4.79 Å². The fourth-order valence-electron chi connectivity index (χ4n) is 2.76. The lowest BCUT2D eigenvalue weighted by atomic mass is 10.1. The molecule has 0 saturated heterocycles. The Kier molecular flexibility index (Phi) is 6.82. The fraction of sp³-hybridized carbons (Fsp3) is 0.130. The van der Waals surface area contributed by atoms with E-state index < -0.39 is 5.97 Å². The van der Waals surface area contributed by atoms with E-state index in [9.17, 15) is 9.59 Å². The summed E-state index contributed by atoms with van der Waals surface area (Å²) < 4.78 is 5.21. The van der Waals surface area contributed by atoms with E-state index in [0.717, 1.165) is 11.1 Å². The molecule has 3 aromatic carbocycles. The second-order valence-corrected chi connectivity index (χ2v) is 6.68. The smallest absolute Gasteiger partial charge is 0.340 e. The molecule has 28 heavy (non-hydrogen) atoms. The van der Waals surface area contributed by atoms with Crippen molar-refractivity contribution in [2.75, 3.05) is 6.61 Å². The van der Waals surface area contributed by atoms with Crippen LogP contribution in [0.1, 0.15) is 21.5 Å². The number of amides is 1. The summed E-state index contributed by atoms with van der Waals surface area (Å²) in [6.45, 7) is 0.514. The first kappa shape index (κ1) is 19.6. The Labute approximate surface area is 169 Å². The summed E-state index contributed by atoms with van der Waals surface area (Å²) in [5.41, 5.74) is 2.25. The summed E-state index contributed by atoms with van der Waals surface area (Å²) >= 11 is 6.02. The maximum atomic E-state index is 12.8. The third-order valence-electron chi connectivity index (χ3n) is 4.21. The van der Waals surface area contributed by atoms with Crippen molar-refractivity contribution in [2.24, 2.45) is 0 Å². The third kappa shape index (κ3) is 5.44. The van der Waals surface area contributed by atoms with Crippen molar-refractivity contribution in [1.82, 2.24) is 4.90 Å². The molecule has 1 amide bonds. The van der Waals surface area contributed by atoms with Crippen molar-refractivity contribution in [1.29, 1.82) is 0 Å². The molecular weight excluding hydrogens is 374 g/mol. The minimum atomic E-state index is -0.613. The Morgan fingerprint density at radius 2 is 1.25 bits per heavy atom. The van der Waals surface area contributed by atoms with Gasteiger partial charge in [-0.05, 0) is 23.3 Å². The second-order valence-electron chi connectivity index (χ2n) is 6.28. The largest absolute Gasteiger partial charge is 0.452 e. The molecule has 0 fully saturated rings. The third-order valence-corrected chi connectivity index (χ3v) is 4.54. The molecule has 4 nitrogen and oxygen atoms in total. The molecule has 0 radical (unpaired) electrons. The maximum Gasteiger partial charge on any atom is 0.340 e. The van der Waals surface area contributed by atoms with E-state index in [0.29, 0.717) is 18.1 Å². The molecule has 0 heterocycles. The zero-order valence-electron chi connectivity index (χ0n) is 15.3. The van der Waals surface area contributed by atoms with Crippen LogP contribution in [0.15, 0.2) is 84.9 Å². The molecule has 3 rings (SSSR count). The SMILES string of the molecule is O=C(OCC(=O)N(Cc1ccccc1)Cc1ccccc1)c1ccccc1Cl. The van der Waals surface area contributed by atoms with Crippen LogP contribution in [0, 0.1) is 0 Å². The lowest BCUT2D eigenvalue weighted by Crippen LogP contribution is -2.34. The topological polar surface area (TPSA) is 46.6 Å². The predicted octanol–water partition coefficient (Wildman–Crippen LogP) is 4.73. The number of benzene rings is 3. The van der Waals surface area contributed by atoms with E-state index >= 15 is 0 Å². The summed E-state index contributed by atoms with van der Waals surface area (Å²) in [6, 6.07) is 26.0. The van der Waals surface area contributed by atoms with Crippen molar-refractivity contribution >= 4 is 23.5 Å². The number of ether oxygens (including phenoxy) is 1. The first-order valence-electron chi connectivity index (χ1n) is 8.91. The number of rotatable bonds is 7. The van der Waals surface area contributed by atoms with Gasteiger partial charge in [-0.3, -0.25) is 4.79 Å². The molecule has 0 aliphatic rings. The average Bonchev–Trinajstić information content (AvgIpc) is 2.73. The number of carbonyl (C=O) groups is 2. The van der Waals surface area contributed by atoms with Gasteiger partial charge in [-0.2, -0.15) is 0 Å². The molecule has 0 bridgehead atoms. The molecule has 0 unspecified atom stereocenters. The van der Waals surface area contributed by atoms with Crippen LogP contribution >= 0.6 is 11.6 Å². The second kappa shape index (κ2) is 9.72. The minimum absolute atomic E-state index is 0.245. The Balaban J connectivity index is 1.69. The van der Waals surface area contributed by atoms with Crippen LogP contribution in [0.3, 0.4) is 0 Å². The van der Waals surface area contributed by atoms with Crippen LogP contribution in [-0.4, -0.2) is 23.4 Å². The monoisotopic (exact) mass is 393 g/mol. The van der Waals surface area contributed by atoms with Gasteiger partial charge in [0.05, 0.1) is 10.6 Å². The quantitative estimate of drug-likeness (QED) is 0.545. The zero-order chi connectivity index (χ0) is 19.8. The highest BCUT2D eigenvalue weighted by Crippen LogP contribution is 2.16. The van der Waals surface area contributed by atoms with Crippen molar-refractivity contribution in [3.05, 3.63) is 107 Å². The van der Waals surface area contributed by atoms with Crippen LogP contribution in [-0.2, 0) is 22.6 Å². The molecule has 0 aliphatic heterocycles. The Bertz CT molecular complexity index is 887. The first-order valence-corrected chi connectivity index (χ1v) is 9.28. The van der Waals surface area contributed by atoms with Gasteiger partial charge in [0.1, 0.15) is 0 Å². The highest BCUT2D eigenvalue weighted by atomic mass is 35.5. The lowest BCUT2D eigenvalue weighted by Gasteiger charge is -2.23. The number of esters is 1. The van der Waals surface area contributed by atoms with E-state index in [2.05, 4.69) is 0 Å². The molecule has 0 spiro atoms. The van der Waals surface area contributed by atoms with Crippen molar-refractivity contribution in [3.63, 3.8) is 0 Å². The Morgan fingerprint density at radius 3 is 1.79 bits per heavy atom. The van der Waals surface area contributed by atoms with Crippen LogP contribution < -0.4 is 0 Å². The maximum absolute atomic E-state index is 12.8. The van der Waals surface area contributed by atoms with Gasteiger partial charge >= 0.3 is 5.97 Å². The molecule has 0 saturated carbocycles. The van der Waals surface area contributed by atoms with Crippen LogP contribution in [0.5, 0.6) is 0 Å². The highest BCUT2D eigenvalue weighted by Gasteiger charge is 2.18. The Morgan fingerprint density at radius 1 is 0.750 bits per heavy atom. The first-order chi connectivity index (χ1) is 13.6. The van der Waals surface area contributed by atoms with Crippen molar-refractivity contribution < 1.29 is 14.3 Å². The van der Waals surface area contributed by atoms with E-state index in [4.69, 9.17) is 16.3 Å². The molecular formula is C23H20ClNO3. The van der Waals surface area contributed by atoms with Gasteiger partial charge in [-0.15, -0.1) is 0 Å². The number of carbonyl (C=O) groups excluding carboxylic acids is 2. The minimum Gasteiger partial charge on any atom is -0.452 e. The van der Waals surface area contributed by atoms with Crippen LogP contribution in [0.2, 0.25) is 5.02 Å². The standard InChI is InChI=1S/C23H20ClNO3/c24-21-14-8-7-13-20(21)23(27)28-17-22(26)25(15-18-9-3-1-4-10-18)16-19-11-5-2-6-12-19/h1-14H,15-17H2. The summed E-state index contributed by atoms with van der Waals surface area (Å²) in [7, 11) is 0. The molecule has 0 N–H and O–H groups in total. The van der Waals surface area contributed by atoms with Crippen LogP contribution in [0.4, 0.5) is 0 Å². The van der Waals surface area contributed by atoms with E-state index in [1.807, 2.05) is 60.7 Å². The van der Waals surface area contributed by atoms with Gasteiger partial charge in [0.15, 0.2) is 6.61 Å². The van der Waals surface area contributed by atoms with Gasteiger partial charge < -0.3 is 9.64 Å². The van der Waals surface area contributed by atoms with Gasteiger partial charge in [0.2, 0.25) is 0 Å². The number of halogens is 1. The Hall–Kier alpha value is -3.11. The van der Waals surface area contributed by atoms with Crippen molar-refractivity contribution in [2.45, 2.75) is 13.1 Å². The molecule has 142 valence electrons. The van der Waals surface area contributed by atoms with Gasteiger partial charge in [0.25, 0.3) is 5.91 Å². The zero-order valence-corrected chi connectivity index (χ0v) is 16.0. The average molecular weight is 394 g/mol. The molecule has 0 aromatic heterocycles. The number of nitrogens with zero attached hydrogens (tertiary/aromatic N) is 1. The molecule has 3 aromatic rings. The summed E-state index contributed by atoms with van der Waals surface area (Å²) in [5.74, 6) is -0.883.